The summed E-state index contributed by atoms with van der Waals surface area (Å²) < 4.78 is 7.73. The lowest BCUT2D eigenvalue weighted by molar-refractivity contribution is 0.414. The van der Waals surface area contributed by atoms with Crippen LogP contribution in [-0.4, -0.2) is 16.9 Å². The summed E-state index contributed by atoms with van der Waals surface area (Å²) in [6, 6.07) is 23.2. The Kier molecular flexibility index (Phi) is 4.77. The molecular weight excluding hydrogens is 404 g/mol. The fourth-order valence-corrected chi connectivity index (χ4v) is 3.33. The zero-order valence-corrected chi connectivity index (χ0v) is 16.3. The van der Waals surface area contributed by atoms with E-state index in [9.17, 15) is 4.79 Å². The Bertz CT molecular complexity index is 1150. The predicted octanol–water partition coefficient (Wildman–Crippen LogP) is 4.88. The van der Waals surface area contributed by atoms with Crippen molar-refractivity contribution < 1.29 is 4.74 Å². The molecule has 27 heavy (non-hydrogen) atoms. The maximum Gasteiger partial charge on any atom is 0.274 e. The quantitative estimate of drug-likeness (QED) is 0.472. The third-order valence-corrected chi connectivity index (χ3v) is 5.01. The van der Waals surface area contributed by atoms with Gasteiger partial charge >= 0.3 is 0 Å². The molecule has 0 unspecified atom stereocenters. The van der Waals surface area contributed by atoms with Crippen LogP contribution in [0.1, 0.15) is 5.56 Å². The van der Waals surface area contributed by atoms with Gasteiger partial charge in [-0.3, -0.25) is 4.79 Å². The van der Waals surface area contributed by atoms with Crippen molar-refractivity contribution in [3.63, 3.8) is 0 Å². The summed E-state index contributed by atoms with van der Waals surface area (Å²) >= 11 is 3.46. The average Bonchev–Trinajstić information content (AvgIpc) is 2.71. The van der Waals surface area contributed by atoms with Crippen molar-refractivity contribution in [3.8, 4) is 17.0 Å². The number of methoxy groups -OCH3 is 1. The second-order valence-corrected chi connectivity index (χ2v) is 7.13. The molecule has 0 atom stereocenters. The fourth-order valence-electron chi connectivity index (χ4n) is 3.07. The molecule has 0 aliphatic heterocycles. The first-order chi connectivity index (χ1) is 13.2. The van der Waals surface area contributed by atoms with Crippen LogP contribution in [0.15, 0.2) is 82.1 Å². The third kappa shape index (κ3) is 3.51. The number of aromatic nitrogens is 2. The Morgan fingerprint density at radius 2 is 1.59 bits per heavy atom. The van der Waals surface area contributed by atoms with E-state index in [1.807, 2.05) is 72.8 Å². The summed E-state index contributed by atoms with van der Waals surface area (Å²) in [6.45, 7) is 0.400. The molecule has 4 aromatic rings. The van der Waals surface area contributed by atoms with Gasteiger partial charge in [-0.1, -0.05) is 58.4 Å². The van der Waals surface area contributed by atoms with E-state index in [-0.39, 0.29) is 5.56 Å². The Morgan fingerprint density at radius 3 is 2.26 bits per heavy atom. The van der Waals surface area contributed by atoms with Crippen LogP contribution in [0.25, 0.3) is 22.0 Å². The van der Waals surface area contributed by atoms with Gasteiger partial charge < -0.3 is 4.74 Å². The number of hydrogen-bond donors (Lipinski definition) is 0. The molecule has 0 aliphatic rings. The van der Waals surface area contributed by atoms with E-state index < -0.39 is 0 Å². The zero-order chi connectivity index (χ0) is 18.8. The molecule has 0 fully saturated rings. The topological polar surface area (TPSA) is 44.1 Å². The van der Waals surface area contributed by atoms with Crippen LogP contribution in [0.3, 0.4) is 0 Å². The fraction of sp³-hybridized carbons (Fsp3) is 0.0909. The van der Waals surface area contributed by atoms with Crippen LogP contribution < -0.4 is 10.3 Å². The van der Waals surface area contributed by atoms with Crippen molar-refractivity contribution in [2.45, 2.75) is 6.54 Å². The van der Waals surface area contributed by atoms with Crippen molar-refractivity contribution in [3.05, 3.63) is 93.2 Å². The molecule has 3 aromatic carbocycles. The molecule has 5 heteroatoms. The Balaban J connectivity index is 1.86. The molecule has 4 rings (SSSR count). The minimum Gasteiger partial charge on any atom is -0.497 e. The second-order valence-electron chi connectivity index (χ2n) is 6.21. The molecule has 0 spiro atoms. The van der Waals surface area contributed by atoms with E-state index in [0.29, 0.717) is 11.9 Å². The first kappa shape index (κ1) is 17.5. The summed E-state index contributed by atoms with van der Waals surface area (Å²) in [5.74, 6) is 0.785. The molecule has 0 saturated heterocycles. The van der Waals surface area contributed by atoms with Crippen LogP contribution >= 0.6 is 15.9 Å². The highest BCUT2D eigenvalue weighted by atomic mass is 79.9. The standard InChI is InChI=1S/C22H17BrN2O2/c1-27-18-12-6-15(7-13-18)14-25-22(26)20-5-3-2-4-19(20)21(24-25)16-8-10-17(23)11-9-16/h2-13H,14H2,1H3. The number of benzene rings is 3. The monoisotopic (exact) mass is 420 g/mol. The van der Waals surface area contributed by atoms with Crippen molar-refractivity contribution in [1.82, 2.24) is 9.78 Å². The Hall–Kier alpha value is -2.92. The summed E-state index contributed by atoms with van der Waals surface area (Å²) in [5.41, 5.74) is 2.66. The highest BCUT2D eigenvalue weighted by Gasteiger charge is 2.12. The number of hydrogen-bond acceptors (Lipinski definition) is 3. The van der Waals surface area contributed by atoms with E-state index in [1.165, 1.54) is 4.68 Å². The lowest BCUT2D eigenvalue weighted by Crippen LogP contribution is -2.24. The third-order valence-electron chi connectivity index (χ3n) is 4.48. The SMILES string of the molecule is COc1ccc(Cn2nc(-c3ccc(Br)cc3)c3ccccc3c2=O)cc1. The zero-order valence-electron chi connectivity index (χ0n) is 14.7. The van der Waals surface area contributed by atoms with Crippen LogP contribution in [-0.2, 0) is 6.54 Å². The van der Waals surface area contributed by atoms with Crippen LogP contribution in [0, 0.1) is 0 Å². The van der Waals surface area contributed by atoms with Crippen molar-refractivity contribution in [2.24, 2.45) is 0 Å². The smallest absolute Gasteiger partial charge is 0.274 e. The maximum absolute atomic E-state index is 13.0. The van der Waals surface area contributed by atoms with Gasteiger partial charge in [0.25, 0.3) is 5.56 Å². The summed E-state index contributed by atoms with van der Waals surface area (Å²) in [6.07, 6.45) is 0. The van der Waals surface area contributed by atoms with E-state index in [1.54, 1.807) is 7.11 Å². The van der Waals surface area contributed by atoms with Crippen molar-refractivity contribution >= 4 is 26.7 Å². The molecule has 1 heterocycles. The molecule has 0 saturated carbocycles. The lowest BCUT2D eigenvalue weighted by atomic mass is 10.1. The normalized spacial score (nSPS) is 10.9. The molecule has 0 bridgehead atoms. The van der Waals surface area contributed by atoms with Gasteiger partial charge in [0.05, 0.1) is 24.7 Å². The van der Waals surface area contributed by atoms with Crippen molar-refractivity contribution in [1.29, 1.82) is 0 Å². The van der Waals surface area contributed by atoms with Crippen LogP contribution in [0.4, 0.5) is 0 Å². The van der Waals surface area contributed by atoms with Gasteiger partial charge in [-0.05, 0) is 35.9 Å². The first-order valence-corrected chi connectivity index (χ1v) is 9.34. The second kappa shape index (κ2) is 7.37. The predicted molar refractivity (Wildman–Crippen MR) is 111 cm³/mol. The number of rotatable bonds is 4. The highest BCUT2D eigenvalue weighted by molar-refractivity contribution is 9.10. The highest BCUT2D eigenvalue weighted by Crippen LogP contribution is 2.26. The molecule has 134 valence electrons. The lowest BCUT2D eigenvalue weighted by Gasteiger charge is -2.12. The Morgan fingerprint density at radius 1 is 0.926 bits per heavy atom. The minimum absolute atomic E-state index is 0.0951. The number of ether oxygens (including phenoxy) is 1. The van der Waals surface area contributed by atoms with Gasteiger partial charge in [0, 0.05) is 15.4 Å². The minimum atomic E-state index is -0.0951. The van der Waals surface area contributed by atoms with Gasteiger partial charge in [0.15, 0.2) is 0 Å². The van der Waals surface area contributed by atoms with E-state index >= 15 is 0 Å². The number of nitrogens with zero attached hydrogens (tertiary/aromatic N) is 2. The first-order valence-electron chi connectivity index (χ1n) is 8.54. The number of fused-ring (bicyclic) bond motifs is 1. The van der Waals surface area contributed by atoms with E-state index in [4.69, 9.17) is 9.84 Å². The molecule has 1 aromatic heterocycles. The number of halogens is 1. The van der Waals surface area contributed by atoms with Gasteiger partial charge in [0.1, 0.15) is 5.75 Å². The molecular formula is C22H17BrN2O2. The van der Waals surface area contributed by atoms with Gasteiger partial charge in [-0.15, -0.1) is 0 Å². The molecule has 0 N–H and O–H groups in total. The average molecular weight is 421 g/mol. The Labute approximate surface area is 165 Å². The summed E-state index contributed by atoms with van der Waals surface area (Å²) in [7, 11) is 1.63. The molecule has 0 amide bonds. The van der Waals surface area contributed by atoms with Gasteiger partial charge in [-0.2, -0.15) is 5.10 Å². The molecule has 0 radical (unpaired) electrons. The largest absolute Gasteiger partial charge is 0.497 e. The van der Waals surface area contributed by atoms with Crippen LogP contribution in [0.5, 0.6) is 5.75 Å². The molecule has 0 aliphatic carbocycles. The van der Waals surface area contributed by atoms with Gasteiger partial charge in [0.2, 0.25) is 0 Å². The maximum atomic E-state index is 13.0. The summed E-state index contributed by atoms with van der Waals surface area (Å²) in [5, 5.41) is 6.22. The van der Waals surface area contributed by atoms with Crippen molar-refractivity contribution in [2.75, 3.05) is 7.11 Å². The van der Waals surface area contributed by atoms with E-state index in [0.717, 1.165) is 32.4 Å². The summed E-state index contributed by atoms with van der Waals surface area (Å²) in [4.78, 5) is 13.0. The molecule has 4 nitrogen and oxygen atoms in total. The van der Waals surface area contributed by atoms with E-state index in [2.05, 4.69) is 15.9 Å². The van der Waals surface area contributed by atoms with Gasteiger partial charge in [-0.25, -0.2) is 4.68 Å². The van der Waals surface area contributed by atoms with Crippen LogP contribution in [0.2, 0.25) is 0 Å².